The largest absolute Gasteiger partial charge is 0.459 e. The molecule has 1 aliphatic rings. The number of hydrogen-bond acceptors (Lipinski definition) is 4. The van der Waals surface area contributed by atoms with Gasteiger partial charge in [-0.3, -0.25) is 9.59 Å². The Bertz CT molecular complexity index is 1010. The molecule has 1 saturated heterocycles. The summed E-state index contributed by atoms with van der Waals surface area (Å²) in [6.07, 6.45) is 2.98. The van der Waals surface area contributed by atoms with Crippen LogP contribution in [-0.2, 0) is 4.79 Å². The molecular formula is C22H21ClN2O3S. The zero-order chi connectivity index (χ0) is 20.2. The molecule has 1 N–H and O–H groups in total. The molecule has 0 unspecified atom stereocenters. The number of nitrogens with zero attached hydrogens (tertiary/aromatic N) is 1. The summed E-state index contributed by atoms with van der Waals surface area (Å²) >= 11 is 7.85. The van der Waals surface area contributed by atoms with Crippen molar-refractivity contribution in [3.63, 3.8) is 0 Å². The highest BCUT2D eigenvalue weighted by molar-refractivity contribution is 8.00. The number of carbonyl (C=O) groups excluding carboxylic acids is 2. The van der Waals surface area contributed by atoms with Crippen LogP contribution in [-0.4, -0.2) is 41.6 Å². The second-order valence-electron chi connectivity index (χ2n) is 6.99. The summed E-state index contributed by atoms with van der Waals surface area (Å²) in [4.78, 5) is 27.5. The van der Waals surface area contributed by atoms with Crippen molar-refractivity contribution in [3.05, 3.63) is 65.6 Å². The molecule has 3 aromatic rings. The van der Waals surface area contributed by atoms with Crippen molar-refractivity contribution < 1.29 is 14.0 Å². The second kappa shape index (κ2) is 8.93. The van der Waals surface area contributed by atoms with Crippen LogP contribution in [0, 0.1) is 0 Å². The number of thioether (sulfide) groups is 1. The average molecular weight is 429 g/mol. The minimum Gasteiger partial charge on any atom is -0.459 e. The third kappa shape index (κ3) is 4.60. The number of likely N-dealkylation sites (tertiary alicyclic amines) is 1. The van der Waals surface area contributed by atoms with Gasteiger partial charge in [-0.05, 0) is 42.5 Å². The van der Waals surface area contributed by atoms with Crippen molar-refractivity contribution in [1.29, 1.82) is 0 Å². The zero-order valence-corrected chi connectivity index (χ0v) is 17.3. The smallest absolute Gasteiger partial charge is 0.289 e. The number of nitrogens with one attached hydrogen (secondary N) is 1. The van der Waals surface area contributed by atoms with Gasteiger partial charge < -0.3 is 14.6 Å². The molecule has 5 nitrogen and oxygen atoms in total. The second-order valence-corrected chi connectivity index (χ2v) is 8.42. The molecule has 0 bridgehead atoms. The lowest BCUT2D eigenvalue weighted by Crippen LogP contribution is -2.46. The third-order valence-electron chi connectivity index (χ3n) is 5.05. The molecular weight excluding hydrogens is 408 g/mol. The van der Waals surface area contributed by atoms with Gasteiger partial charge in [0.15, 0.2) is 5.76 Å². The van der Waals surface area contributed by atoms with Crippen molar-refractivity contribution in [2.45, 2.75) is 23.8 Å². The Kier molecular flexibility index (Phi) is 6.11. The first-order valence-electron chi connectivity index (χ1n) is 9.54. The maximum atomic E-state index is 12.4. The number of hydrogen-bond donors (Lipinski definition) is 1. The normalized spacial score (nSPS) is 14.9. The van der Waals surface area contributed by atoms with Gasteiger partial charge in [-0.2, -0.15) is 0 Å². The maximum Gasteiger partial charge on any atom is 0.289 e. The number of carbonyl (C=O) groups is 2. The molecule has 1 aromatic heterocycles. The fraction of sp³-hybridized carbons (Fsp3) is 0.273. The van der Waals surface area contributed by atoms with Crippen LogP contribution in [0.5, 0.6) is 0 Å². The lowest BCUT2D eigenvalue weighted by molar-refractivity contribution is -0.119. The van der Waals surface area contributed by atoms with Crippen LogP contribution >= 0.6 is 23.4 Å². The Balaban J connectivity index is 1.29. The summed E-state index contributed by atoms with van der Waals surface area (Å²) < 4.78 is 5.18. The van der Waals surface area contributed by atoms with E-state index in [-0.39, 0.29) is 17.9 Å². The molecule has 0 radical (unpaired) electrons. The molecule has 0 atom stereocenters. The third-order valence-corrected chi connectivity index (χ3v) is 6.43. The van der Waals surface area contributed by atoms with Crippen molar-refractivity contribution >= 4 is 45.9 Å². The molecule has 0 aliphatic carbocycles. The molecule has 29 heavy (non-hydrogen) atoms. The molecule has 2 heterocycles. The van der Waals surface area contributed by atoms with Crippen LogP contribution < -0.4 is 5.32 Å². The molecule has 2 amide bonds. The predicted octanol–water partition coefficient (Wildman–Crippen LogP) is 4.60. The van der Waals surface area contributed by atoms with Crippen LogP contribution in [0.25, 0.3) is 10.8 Å². The fourth-order valence-corrected chi connectivity index (χ4v) is 4.83. The Morgan fingerprint density at radius 2 is 1.86 bits per heavy atom. The van der Waals surface area contributed by atoms with Crippen LogP contribution in [0.3, 0.4) is 0 Å². The van der Waals surface area contributed by atoms with Crippen LogP contribution in [0.4, 0.5) is 0 Å². The SMILES string of the molecule is O=C(CSc1cccc2cccc(Cl)c12)NC1CCN(C(=O)c2ccco2)CC1. The Labute approximate surface area is 178 Å². The van der Waals surface area contributed by atoms with Gasteiger partial charge >= 0.3 is 0 Å². The van der Waals surface area contributed by atoms with Crippen molar-refractivity contribution in [2.75, 3.05) is 18.8 Å². The van der Waals surface area contributed by atoms with E-state index in [0.29, 0.717) is 29.6 Å². The fourth-order valence-electron chi connectivity index (χ4n) is 3.58. The molecule has 2 aromatic carbocycles. The first-order chi connectivity index (χ1) is 14.1. The number of piperidine rings is 1. The Morgan fingerprint density at radius 1 is 1.10 bits per heavy atom. The van der Waals surface area contributed by atoms with E-state index in [0.717, 1.165) is 28.5 Å². The molecule has 0 spiro atoms. The standard InChI is InChI=1S/C22H21ClN2O3S/c23-17-6-1-4-15-5-2-8-19(21(15)17)29-14-20(26)24-16-9-11-25(12-10-16)22(27)18-7-3-13-28-18/h1-8,13,16H,9-12,14H2,(H,24,26). The molecule has 1 fully saturated rings. The highest BCUT2D eigenvalue weighted by Crippen LogP contribution is 2.33. The number of benzene rings is 2. The van der Waals surface area contributed by atoms with E-state index >= 15 is 0 Å². The summed E-state index contributed by atoms with van der Waals surface area (Å²) in [6, 6.07) is 15.3. The highest BCUT2D eigenvalue weighted by atomic mass is 35.5. The highest BCUT2D eigenvalue weighted by Gasteiger charge is 2.25. The Hall–Kier alpha value is -2.44. The number of rotatable bonds is 5. The van der Waals surface area contributed by atoms with Gasteiger partial charge in [0.1, 0.15) is 0 Å². The lowest BCUT2D eigenvalue weighted by atomic mass is 10.0. The van der Waals surface area contributed by atoms with Crippen molar-refractivity contribution in [1.82, 2.24) is 10.2 Å². The molecule has 150 valence electrons. The van der Waals surface area contributed by atoms with Gasteiger partial charge in [0.25, 0.3) is 5.91 Å². The number of halogens is 1. The van der Waals surface area contributed by atoms with E-state index < -0.39 is 0 Å². The van der Waals surface area contributed by atoms with E-state index in [1.165, 1.54) is 18.0 Å². The monoisotopic (exact) mass is 428 g/mol. The zero-order valence-electron chi connectivity index (χ0n) is 15.8. The number of fused-ring (bicyclic) bond motifs is 1. The van der Waals surface area contributed by atoms with E-state index in [1.807, 2.05) is 36.4 Å². The summed E-state index contributed by atoms with van der Waals surface area (Å²) in [7, 11) is 0. The molecule has 4 rings (SSSR count). The van der Waals surface area contributed by atoms with E-state index in [2.05, 4.69) is 5.32 Å². The predicted molar refractivity (Wildman–Crippen MR) is 115 cm³/mol. The summed E-state index contributed by atoms with van der Waals surface area (Å²) in [5, 5.41) is 5.84. The summed E-state index contributed by atoms with van der Waals surface area (Å²) in [5.41, 5.74) is 0. The first kappa shape index (κ1) is 19.9. The summed E-state index contributed by atoms with van der Waals surface area (Å²) in [6.45, 7) is 1.22. The van der Waals surface area contributed by atoms with E-state index in [9.17, 15) is 9.59 Å². The Morgan fingerprint density at radius 3 is 2.59 bits per heavy atom. The van der Waals surface area contributed by atoms with Crippen LogP contribution in [0.2, 0.25) is 5.02 Å². The first-order valence-corrected chi connectivity index (χ1v) is 10.9. The van der Waals surface area contributed by atoms with E-state index in [4.69, 9.17) is 16.0 Å². The van der Waals surface area contributed by atoms with Gasteiger partial charge in [0, 0.05) is 34.4 Å². The van der Waals surface area contributed by atoms with Gasteiger partial charge in [0.05, 0.1) is 12.0 Å². The molecule has 0 saturated carbocycles. The van der Waals surface area contributed by atoms with Crippen molar-refractivity contribution in [2.24, 2.45) is 0 Å². The number of furan rings is 1. The van der Waals surface area contributed by atoms with Gasteiger partial charge in [-0.1, -0.05) is 35.9 Å². The average Bonchev–Trinajstić information content (AvgIpc) is 3.27. The van der Waals surface area contributed by atoms with Gasteiger partial charge in [-0.15, -0.1) is 11.8 Å². The minimum absolute atomic E-state index is 0.00475. The minimum atomic E-state index is -0.0943. The van der Waals surface area contributed by atoms with Gasteiger partial charge in [0.2, 0.25) is 5.91 Å². The quantitative estimate of drug-likeness (QED) is 0.603. The molecule has 1 aliphatic heterocycles. The van der Waals surface area contributed by atoms with Crippen LogP contribution in [0.15, 0.2) is 64.1 Å². The van der Waals surface area contributed by atoms with E-state index in [1.54, 1.807) is 17.0 Å². The lowest BCUT2D eigenvalue weighted by Gasteiger charge is -2.31. The van der Waals surface area contributed by atoms with Gasteiger partial charge in [-0.25, -0.2) is 0 Å². The maximum absolute atomic E-state index is 12.4. The molecule has 7 heteroatoms. The number of amides is 2. The van der Waals surface area contributed by atoms with Crippen LogP contribution in [0.1, 0.15) is 23.4 Å². The van der Waals surface area contributed by atoms with Crippen molar-refractivity contribution in [3.8, 4) is 0 Å². The summed E-state index contributed by atoms with van der Waals surface area (Å²) in [5.74, 6) is 0.589. The topological polar surface area (TPSA) is 62.6 Å².